The molecule has 0 saturated carbocycles. The maximum absolute atomic E-state index is 13.8. The monoisotopic (exact) mass is 419 g/mol. The Hall–Kier alpha value is -3.53. The molecule has 29 heavy (non-hydrogen) atoms. The van der Waals surface area contributed by atoms with Crippen LogP contribution in [0.15, 0.2) is 58.2 Å². The summed E-state index contributed by atoms with van der Waals surface area (Å²) in [5.74, 6) is -0.536. The van der Waals surface area contributed by atoms with E-state index in [0.29, 0.717) is 11.6 Å². The number of halogens is 3. The van der Waals surface area contributed by atoms with Crippen molar-refractivity contribution in [2.45, 2.75) is 13.1 Å². The number of nitrogens with one attached hydrogen (secondary N) is 2. The smallest absolute Gasteiger partial charge is 0.229 e. The van der Waals surface area contributed by atoms with Crippen LogP contribution in [-0.4, -0.2) is 21.2 Å². The number of nitrogens with two attached hydrogens (primary N) is 1. The van der Waals surface area contributed by atoms with Gasteiger partial charge in [0.15, 0.2) is 5.82 Å². The largest absolute Gasteiger partial charge is 0.447 e. The van der Waals surface area contributed by atoms with Crippen LogP contribution in [0.5, 0.6) is 0 Å². The van der Waals surface area contributed by atoms with Gasteiger partial charge in [-0.1, -0.05) is 17.7 Å². The predicted molar refractivity (Wildman–Crippen MR) is 105 cm³/mol. The van der Waals surface area contributed by atoms with Crippen molar-refractivity contribution in [2.24, 2.45) is 10.7 Å². The van der Waals surface area contributed by atoms with Crippen molar-refractivity contribution in [2.75, 3.05) is 10.6 Å². The van der Waals surface area contributed by atoms with Crippen LogP contribution in [0.1, 0.15) is 11.5 Å². The first-order valence-electron chi connectivity index (χ1n) is 8.33. The molecule has 0 fully saturated rings. The topological polar surface area (TPSA) is 114 Å². The van der Waals surface area contributed by atoms with Crippen molar-refractivity contribution in [3.05, 3.63) is 76.9 Å². The van der Waals surface area contributed by atoms with Gasteiger partial charge in [0.05, 0.1) is 18.1 Å². The predicted octanol–water partition coefficient (Wildman–Crippen LogP) is 3.49. The van der Waals surface area contributed by atoms with Crippen LogP contribution in [0.4, 0.5) is 20.5 Å². The minimum atomic E-state index is -0.670. The molecule has 3 rings (SSSR count). The number of anilines is 2. The van der Waals surface area contributed by atoms with Crippen molar-refractivity contribution in [1.29, 1.82) is 0 Å². The van der Waals surface area contributed by atoms with Crippen LogP contribution >= 0.6 is 11.6 Å². The molecule has 11 heteroatoms. The minimum absolute atomic E-state index is 0.127. The number of rotatable bonds is 8. The van der Waals surface area contributed by atoms with Gasteiger partial charge in [-0.3, -0.25) is 4.99 Å². The minimum Gasteiger partial charge on any atom is -0.447 e. The van der Waals surface area contributed by atoms with Gasteiger partial charge in [-0.05, 0) is 12.1 Å². The fourth-order valence-corrected chi connectivity index (χ4v) is 2.38. The third kappa shape index (κ3) is 5.48. The van der Waals surface area contributed by atoms with Crippen molar-refractivity contribution >= 4 is 29.6 Å². The van der Waals surface area contributed by atoms with Gasteiger partial charge in [-0.25, -0.2) is 18.7 Å². The molecule has 0 aliphatic rings. The van der Waals surface area contributed by atoms with Crippen LogP contribution in [0.25, 0.3) is 0 Å². The van der Waals surface area contributed by atoms with Gasteiger partial charge in [0.2, 0.25) is 11.8 Å². The number of benzene rings is 1. The second-order valence-corrected chi connectivity index (χ2v) is 5.99. The van der Waals surface area contributed by atoms with Gasteiger partial charge in [0.25, 0.3) is 0 Å². The molecule has 0 saturated heterocycles. The van der Waals surface area contributed by atoms with E-state index in [9.17, 15) is 8.78 Å². The molecule has 0 unspecified atom stereocenters. The number of nitrogens with zero attached hydrogens (tertiary/aromatic N) is 4. The molecule has 0 atom stereocenters. The number of allylic oxidation sites excluding steroid dienone is 1. The van der Waals surface area contributed by atoms with Crippen molar-refractivity contribution in [3.8, 4) is 0 Å². The lowest BCUT2D eigenvalue weighted by Gasteiger charge is -2.11. The van der Waals surface area contributed by atoms with Crippen LogP contribution in [0.2, 0.25) is 5.02 Å². The van der Waals surface area contributed by atoms with Crippen LogP contribution in [0, 0.1) is 11.6 Å². The summed E-state index contributed by atoms with van der Waals surface area (Å²) in [6.07, 6.45) is 7.05. The molecule has 2 aromatic heterocycles. The van der Waals surface area contributed by atoms with Gasteiger partial charge in [-0.15, -0.1) is 0 Å². The molecule has 0 aliphatic carbocycles. The average molecular weight is 420 g/mol. The lowest BCUT2D eigenvalue weighted by Crippen LogP contribution is -2.10. The zero-order valence-electron chi connectivity index (χ0n) is 14.9. The fourth-order valence-electron chi connectivity index (χ4n) is 2.22. The Morgan fingerprint density at radius 3 is 2.76 bits per heavy atom. The highest BCUT2D eigenvalue weighted by Gasteiger charge is 2.11. The molecule has 8 nitrogen and oxygen atoms in total. The summed E-state index contributed by atoms with van der Waals surface area (Å²) in [5.41, 5.74) is 5.86. The molecule has 1 aromatic carbocycles. The summed E-state index contributed by atoms with van der Waals surface area (Å²) in [5, 5.41) is 5.84. The molecule has 150 valence electrons. The van der Waals surface area contributed by atoms with Gasteiger partial charge < -0.3 is 20.8 Å². The summed E-state index contributed by atoms with van der Waals surface area (Å²) in [4.78, 5) is 16.3. The Bertz CT molecular complexity index is 1000. The summed E-state index contributed by atoms with van der Waals surface area (Å²) < 4.78 is 32.6. The Morgan fingerprint density at radius 2 is 2.07 bits per heavy atom. The fraction of sp³-hybridized carbons (Fsp3) is 0.111. The van der Waals surface area contributed by atoms with Gasteiger partial charge in [-0.2, -0.15) is 4.98 Å². The Morgan fingerprint density at radius 1 is 1.28 bits per heavy atom. The molecule has 0 radical (unpaired) electrons. The maximum Gasteiger partial charge on any atom is 0.229 e. The van der Waals surface area contributed by atoms with E-state index in [4.69, 9.17) is 21.8 Å². The molecule has 0 bridgehead atoms. The quantitative estimate of drug-likeness (QED) is 0.479. The zero-order chi connectivity index (χ0) is 20.6. The third-order valence-electron chi connectivity index (χ3n) is 3.61. The highest BCUT2D eigenvalue weighted by molar-refractivity contribution is 6.32. The number of hydrogen-bond donors (Lipinski definition) is 3. The third-order valence-corrected chi connectivity index (χ3v) is 3.89. The number of hydrogen-bond acceptors (Lipinski definition) is 8. The van der Waals surface area contributed by atoms with Crippen LogP contribution < -0.4 is 16.4 Å². The molecule has 0 spiro atoms. The molecular weight excluding hydrogens is 404 g/mol. The van der Waals surface area contributed by atoms with Crippen LogP contribution in [-0.2, 0) is 13.1 Å². The van der Waals surface area contributed by atoms with E-state index in [1.54, 1.807) is 0 Å². The van der Waals surface area contributed by atoms with E-state index in [-0.39, 0.29) is 35.4 Å². The first-order chi connectivity index (χ1) is 14.1. The Balaban J connectivity index is 1.67. The second kappa shape index (κ2) is 9.60. The maximum atomic E-state index is 13.8. The average Bonchev–Trinajstić information content (AvgIpc) is 3.22. The van der Waals surface area contributed by atoms with E-state index in [0.717, 1.165) is 0 Å². The summed E-state index contributed by atoms with van der Waals surface area (Å²) >= 11 is 6.07. The highest BCUT2D eigenvalue weighted by Crippen LogP contribution is 2.22. The van der Waals surface area contributed by atoms with Gasteiger partial charge in [0.1, 0.15) is 29.5 Å². The summed E-state index contributed by atoms with van der Waals surface area (Å²) in [7, 11) is 0. The Labute approximate surface area is 169 Å². The molecule has 2 heterocycles. The van der Waals surface area contributed by atoms with Crippen molar-refractivity contribution in [3.63, 3.8) is 0 Å². The van der Waals surface area contributed by atoms with Crippen molar-refractivity contribution in [1.82, 2.24) is 15.0 Å². The summed E-state index contributed by atoms with van der Waals surface area (Å²) in [6.45, 7) is 0.0837. The molecule has 3 aromatic rings. The van der Waals surface area contributed by atoms with E-state index < -0.39 is 11.6 Å². The number of oxazole rings is 1. The van der Waals surface area contributed by atoms with Crippen LogP contribution in [0.3, 0.4) is 0 Å². The first kappa shape index (κ1) is 20.2. The standard InChI is InChI=1S/C18H16ClF2N7O/c19-13-9-26-18(27-11(6-22)7-23-10-16-24-4-5-29-16)28-17(13)25-8-12-14(20)2-1-3-15(12)21/h1-7,9H,8,10,22H2,(H2,25,26,27,28)/b11-6+,23-7?. The first-order valence-corrected chi connectivity index (χ1v) is 8.71. The summed E-state index contributed by atoms with van der Waals surface area (Å²) in [6, 6.07) is 3.63. The van der Waals surface area contributed by atoms with Crippen molar-refractivity contribution < 1.29 is 13.2 Å². The number of aromatic nitrogens is 3. The second-order valence-electron chi connectivity index (χ2n) is 5.59. The zero-order valence-corrected chi connectivity index (χ0v) is 15.7. The van der Waals surface area contributed by atoms with E-state index >= 15 is 0 Å². The van der Waals surface area contributed by atoms with E-state index in [1.165, 1.54) is 49.3 Å². The van der Waals surface area contributed by atoms with E-state index in [2.05, 4.69) is 30.6 Å². The van der Waals surface area contributed by atoms with Gasteiger partial charge >= 0.3 is 0 Å². The molecular formula is C18H16ClF2N7O. The molecule has 0 amide bonds. The lowest BCUT2D eigenvalue weighted by atomic mass is 10.2. The highest BCUT2D eigenvalue weighted by atomic mass is 35.5. The molecule has 4 N–H and O–H groups in total. The molecule has 0 aliphatic heterocycles. The Kier molecular flexibility index (Phi) is 6.69. The van der Waals surface area contributed by atoms with Gasteiger partial charge in [0, 0.05) is 24.5 Å². The normalized spacial score (nSPS) is 11.8. The van der Waals surface area contributed by atoms with E-state index in [1.807, 2.05) is 0 Å². The SMILES string of the molecule is N/C=C(\C=NCc1ncco1)Nc1ncc(Cl)c(NCc2c(F)cccc2F)n1. The lowest BCUT2D eigenvalue weighted by molar-refractivity contribution is 0.498. The number of aliphatic imine (C=N–C) groups is 1.